The van der Waals surface area contributed by atoms with Crippen molar-refractivity contribution in [1.82, 2.24) is 0 Å². The van der Waals surface area contributed by atoms with Crippen LogP contribution in [-0.4, -0.2) is 6.21 Å². The predicted molar refractivity (Wildman–Crippen MR) is 24.8 cm³/mol. The molecule has 0 atom stereocenters. The van der Waals surface area contributed by atoms with E-state index in [0.29, 0.717) is 0 Å². The number of rotatable bonds is 2. The Hall–Kier alpha value is 0.670. The standard InChI is InChI=1S/C4H9N.Na.H/c1-2-3-4-5;;/h4-5H,2-3H2,1H3;;/q;+1;-1. The van der Waals surface area contributed by atoms with Crippen molar-refractivity contribution in [2.45, 2.75) is 19.8 Å². The molecule has 1 nitrogen and oxygen atoms in total. The Morgan fingerprint density at radius 1 is 1.83 bits per heavy atom. The van der Waals surface area contributed by atoms with Crippen LogP contribution < -0.4 is 29.6 Å². The van der Waals surface area contributed by atoms with Crippen molar-refractivity contribution < 1.29 is 31.0 Å². The molecular weight excluding hydrogens is 85.0 g/mol. The van der Waals surface area contributed by atoms with Crippen molar-refractivity contribution in [3.05, 3.63) is 0 Å². The molecule has 0 aromatic rings. The molecule has 0 saturated carbocycles. The Kier molecular flexibility index (Phi) is 15.0. The second kappa shape index (κ2) is 9.18. The minimum atomic E-state index is 0. The van der Waals surface area contributed by atoms with Crippen LogP contribution in [0.5, 0.6) is 0 Å². The molecule has 0 radical (unpaired) electrons. The Labute approximate surface area is 62.4 Å². The maximum absolute atomic E-state index is 6.48. The van der Waals surface area contributed by atoms with Gasteiger partial charge in [-0.1, -0.05) is 13.3 Å². The Balaban J connectivity index is -0.0000000800. The van der Waals surface area contributed by atoms with Crippen LogP contribution in [-0.2, 0) is 0 Å². The van der Waals surface area contributed by atoms with E-state index in [1.54, 1.807) is 0 Å². The predicted octanol–water partition coefficient (Wildman–Crippen LogP) is -1.45. The van der Waals surface area contributed by atoms with Crippen molar-refractivity contribution in [3.8, 4) is 0 Å². The summed E-state index contributed by atoms with van der Waals surface area (Å²) in [5.74, 6) is 0. The number of nitrogens with one attached hydrogen (secondary N) is 1. The van der Waals surface area contributed by atoms with Gasteiger partial charge in [0.1, 0.15) is 0 Å². The van der Waals surface area contributed by atoms with Crippen LogP contribution in [0.4, 0.5) is 0 Å². The largest absolute Gasteiger partial charge is 1.00 e. The maximum Gasteiger partial charge on any atom is 1.00 e. The van der Waals surface area contributed by atoms with E-state index in [1.807, 2.05) is 0 Å². The molecule has 0 aliphatic heterocycles. The Morgan fingerprint density at radius 2 is 2.33 bits per heavy atom. The zero-order chi connectivity index (χ0) is 4.12. The molecule has 0 bridgehead atoms. The zero-order valence-electron chi connectivity index (χ0n) is 5.49. The summed E-state index contributed by atoms with van der Waals surface area (Å²) < 4.78 is 0. The smallest absolute Gasteiger partial charge is 1.00 e. The molecule has 0 fully saturated rings. The molecule has 6 heavy (non-hydrogen) atoms. The van der Waals surface area contributed by atoms with E-state index in [0.717, 1.165) is 12.8 Å². The van der Waals surface area contributed by atoms with E-state index in [4.69, 9.17) is 5.41 Å². The van der Waals surface area contributed by atoms with Crippen molar-refractivity contribution in [1.29, 1.82) is 5.41 Å². The maximum atomic E-state index is 6.48. The van der Waals surface area contributed by atoms with Gasteiger partial charge in [0.15, 0.2) is 0 Å². The summed E-state index contributed by atoms with van der Waals surface area (Å²) in [5.41, 5.74) is 0. The average molecular weight is 95.1 g/mol. The fraction of sp³-hybridized carbons (Fsp3) is 0.750. The van der Waals surface area contributed by atoms with Crippen molar-refractivity contribution in [2.75, 3.05) is 0 Å². The molecule has 32 valence electrons. The molecule has 0 aromatic heterocycles. The Bertz CT molecular complexity index is 32.9. The summed E-state index contributed by atoms with van der Waals surface area (Å²) in [6.45, 7) is 2.06. The first-order valence-corrected chi connectivity index (χ1v) is 1.90. The van der Waals surface area contributed by atoms with Gasteiger partial charge in [0.2, 0.25) is 0 Å². The average Bonchev–Trinajstić information content (AvgIpc) is 1.41. The minimum Gasteiger partial charge on any atom is -1.00 e. The quantitative estimate of drug-likeness (QED) is 0.320. The Morgan fingerprint density at radius 3 is 2.33 bits per heavy atom. The first-order chi connectivity index (χ1) is 2.41. The van der Waals surface area contributed by atoms with Crippen LogP contribution in [0.25, 0.3) is 0 Å². The van der Waals surface area contributed by atoms with Gasteiger partial charge in [-0.15, -0.1) is 0 Å². The molecule has 0 aliphatic carbocycles. The summed E-state index contributed by atoms with van der Waals surface area (Å²) in [6, 6.07) is 0. The first kappa shape index (κ1) is 9.83. The van der Waals surface area contributed by atoms with Gasteiger partial charge >= 0.3 is 29.6 Å². The second-order valence-corrected chi connectivity index (χ2v) is 0.993. The monoisotopic (exact) mass is 95.1 g/mol. The molecule has 1 N–H and O–H groups in total. The zero-order valence-corrected chi connectivity index (χ0v) is 6.49. The van der Waals surface area contributed by atoms with Gasteiger partial charge in [-0.2, -0.15) is 0 Å². The molecule has 0 unspecified atom stereocenters. The molecule has 0 heterocycles. The third-order valence-electron chi connectivity index (χ3n) is 0.433. The molecule has 0 aromatic carbocycles. The molecule has 0 saturated heterocycles. The van der Waals surface area contributed by atoms with E-state index in [-0.39, 0.29) is 31.0 Å². The molecule has 0 spiro atoms. The third kappa shape index (κ3) is 8.82. The summed E-state index contributed by atoms with van der Waals surface area (Å²) in [6.07, 6.45) is 3.46. The van der Waals surface area contributed by atoms with Gasteiger partial charge in [-0.25, -0.2) is 0 Å². The normalized spacial score (nSPS) is 6.17. The van der Waals surface area contributed by atoms with Crippen molar-refractivity contribution in [2.24, 2.45) is 0 Å². The van der Waals surface area contributed by atoms with Crippen LogP contribution in [0, 0.1) is 5.41 Å². The summed E-state index contributed by atoms with van der Waals surface area (Å²) in [4.78, 5) is 0. The van der Waals surface area contributed by atoms with Crippen LogP contribution in [0.3, 0.4) is 0 Å². The van der Waals surface area contributed by atoms with Gasteiger partial charge in [0.25, 0.3) is 0 Å². The van der Waals surface area contributed by atoms with E-state index >= 15 is 0 Å². The van der Waals surface area contributed by atoms with E-state index in [2.05, 4.69) is 6.92 Å². The van der Waals surface area contributed by atoms with E-state index < -0.39 is 0 Å². The van der Waals surface area contributed by atoms with Crippen molar-refractivity contribution >= 4 is 6.21 Å². The topological polar surface area (TPSA) is 23.9 Å². The molecule has 0 rings (SSSR count). The number of hydrogen-bond donors (Lipinski definition) is 1. The fourth-order valence-electron chi connectivity index (χ4n) is 0.144. The van der Waals surface area contributed by atoms with Crippen LogP contribution >= 0.6 is 0 Å². The summed E-state index contributed by atoms with van der Waals surface area (Å²) in [7, 11) is 0. The SMILES string of the molecule is CCCC=N.[H-].[Na+]. The van der Waals surface area contributed by atoms with E-state index in [1.165, 1.54) is 6.21 Å². The second-order valence-electron chi connectivity index (χ2n) is 0.993. The van der Waals surface area contributed by atoms with Crippen LogP contribution in [0.2, 0.25) is 0 Å². The number of hydrogen-bond acceptors (Lipinski definition) is 1. The summed E-state index contributed by atoms with van der Waals surface area (Å²) in [5, 5.41) is 6.48. The molecule has 2 heteroatoms. The first-order valence-electron chi connectivity index (χ1n) is 1.90. The molecule has 0 amide bonds. The van der Waals surface area contributed by atoms with Gasteiger partial charge in [0, 0.05) is 0 Å². The minimum absolute atomic E-state index is 0. The molecule has 0 aliphatic rings. The van der Waals surface area contributed by atoms with Crippen LogP contribution in [0.15, 0.2) is 0 Å². The van der Waals surface area contributed by atoms with Gasteiger partial charge < -0.3 is 6.84 Å². The van der Waals surface area contributed by atoms with E-state index in [9.17, 15) is 0 Å². The number of unbranched alkanes of at least 4 members (excludes halogenated alkanes) is 1. The van der Waals surface area contributed by atoms with Crippen LogP contribution in [0.1, 0.15) is 21.2 Å². The van der Waals surface area contributed by atoms with Crippen molar-refractivity contribution in [3.63, 3.8) is 0 Å². The third-order valence-corrected chi connectivity index (χ3v) is 0.433. The van der Waals surface area contributed by atoms with Gasteiger partial charge in [0.05, 0.1) is 0 Å². The molecular formula is C4H10NNa. The summed E-state index contributed by atoms with van der Waals surface area (Å²) >= 11 is 0. The fourth-order valence-corrected chi connectivity index (χ4v) is 0.144. The van der Waals surface area contributed by atoms with Gasteiger partial charge in [-0.05, 0) is 12.6 Å². The van der Waals surface area contributed by atoms with Gasteiger partial charge in [-0.3, -0.25) is 0 Å².